The van der Waals surface area contributed by atoms with Gasteiger partial charge in [0, 0.05) is 12.6 Å². The Morgan fingerprint density at radius 1 is 1.44 bits per heavy atom. The minimum absolute atomic E-state index is 0.0604. The highest BCUT2D eigenvalue weighted by Crippen LogP contribution is 2.14. The molecule has 5 nitrogen and oxygen atoms in total. The molecule has 0 aromatic rings. The Morgan fingerprint density at radius 3 is 2.72 bits per heavy atom. The maximum atomic E-state index is 12.2. The van der Waals surface area contributed by atoms with Gasteiger partial charge in [0.05, 0.1) is 31.8 Å². The first-order valence-electron chi connectivity index (χ1n) is 6.73. The van der Waals surface area contributed by atoms with Crippen LogP contribution in [0.1, 0.15) is 20.8 Å². The summed E-state index contributed by atoms with van der Waals surface area (Å²) in [5.74, 6) is 0.319. The number of carbonyl (C=O) groups is 1. The molecule has 5 heteroatoms. The molecule has 0 aromatic heterocycles. The molecule has 3 atom stereocenters. The molecular weight excluding hydrogens is 232 g/mol. The molecule has 106 valence electrons. The summed E-state index contributed by atoms with van der Waals surface area (Å²) in [7, 11) is 1.86. The average Bonchev–Trinajstić information content (AvgIpc) is 2.82. The molecule has 0 radical (unpaired) electrons. The zero-order chi connectivity index (χ0) is 13.5. The van der Waals surface area contributed by atoms with Crippen LogP contribution in [0.5, 0.6) is 0 Å². The Morgan fingerprint density at radius 2 is 2.17 bits per heavy atom. The van der Waals surface area contributed by atoms with E-state index < -0.39 is 0 Å². The van der Waals surface area contributed by atoms with Crippen LogP contribution in [-0.2, 0) is 14.3 Å². The molecule has 2 N–H and O–H groups in total. The Balaban J connectivity index is 2.49. The monoisotopic (exact) mass is 258 g/mol. The summed E-state index contributed by atoms with van der Waals surface area (Å²) in [4.78, 5) is 12.2. The molecule has 1 aliphatic heterocycles. The van der Waals surface area contributed by atoms with Crippen LogP contribution in [0.15, 0.2) is 0 Å². The second-order valence-electron chi connectivity index (χ2n) is 5.06. The van der Waals surface area contributed by atoms with Gasteiger partial charge in [0.15, 0.2) is 0 Å². The van der Waals surface area contributed by atoms with Gasteiger partial charge < -0.3 is 20.1 Å². The molecule has 1 heterocycles. The maximum Gasteiger partial charge on any atom is 0.227 e. The number of nitrogens with one attached hydrogen (secondary N) is 2. The van der Waals surface area contributed by atoms with Crippen molar-refractivity contribution in [1.29, 1.82) is 0 Å². The Bertz CT molecular complexity index is 259. The molecule has 1 saturated heterocycles. The lowest BCUT2D eigenvalue weighted by molar-refractivity contribution is -0.127. The van der Waals surface area contributed by atoms with Crippen LogP contribution in [0.2, 0.25) is 0 Å². The first-order valence-corrected chi connectivity index (χ1v) is 6.73. The summed E-state index contributed by atoms with van der Waals surface area (Å²) in [6.07, 6.45) is 0. The molecule has 1 amide bonds. The number of amides is 1. The van der Waals surface area contributed by atoms with Crippen molar-refractivity contribution in [3.8, 4) is 0 Å². The van der Waals surface area contributed by atoms with Gasteiger partial charge in [0.25, 0.3) is 0 Å². The Kier molecular flexibility index (Phi) is 6.60. The van der Waals surface area contributed by atoms with E-state index in [9.17, 15) is 4.79 Å². The van der Waals surface area contributed by atoms with Gasteiger partial charge in [0.2, 0.25) is 5.91 Å². The number of ether oxygens (including phenoxy) is 2. The molecule has 1 aliphatic rings. The summed E-state index contributed by atoms with van der Waals surface area (Å²) in [5.41, 5.74) is 0. The van der Waals surface area contributed by atoms with E-state index >= 15 is 0 Å². The molecule has 0 bridgehead atoms. The smallest absolute Gasteiger partial charge is 0.227 e. The quantitative estimate of drug-likeness (QED) is 0.694. The molecule has 3 unspecified atom stereocenters. The minimum atomic E-state index is -0.0992. The SMILES string of the molecule is CCOCC(NC(=O)C1COCC1NC)C(C)C. The molecule has 0 spiro atoms. The fourth-order valence-corrected chi connectivity index (χ4v) is 2.03. The molecule has 0 saturated carbocycles. The highest BCUT2D eigenvalue weighted by atomic mass is 16.5. The summed E-state index contributed by atoms with van der Waals surface area (Å²) in [5, 5.41) is 6.20. The van der Waals surface area contributed by atoms with Gasteiger partial charge in [0.1, 0.15) is 0 Å². The van der Waals surface area contributed by atoms with Gasteiger partial charge in [-0.3, -0.25) is 4.79 Å². The zero-order valence-corrected chi connectivity index (χ0v) is 11.9. The van der Waals surface area contributed by atoms with Crippen LogP contribution in [-0.4, -0.2) is 51.5 Å². The predicted molar refractivity (Wildman–Crippen MR) is 70.4 cm³/mol. The fraction of sp³-hybridized carbons (Fsp3) is 0.923. The van der Waals surface area contributed by atoms with Crippen molar-refractivity contribution in [2.45, 2.75) is 32.9 Å². The van der Waals surface area contributed by atoms with Gasteiger partial charge in [-0.05, 0) is 19.9 Å². The predicted octanol–water partition coefficient (Wildman–Crippen LogP) is 0.398. The van der Waals surface area contributed by atoms with Gasteiger partial charge in [-0.1, -0.05) is 13.8 Å². The Hall–Kier alpha value is -0.650. The molecule has 0 aromatic carbocycles. The van der Waals surface area contributed by atoms with Crippen molar-refractivity contribution >= 4 is 5.91 Å². The highest BCUT2D eigenvalue weighted by Gasteiger charge is 2.34. The van der Waals surface area contributed by atoms with Gasteiger partial charge in [-0.25, -0.2) is 0 Å². The largest absolute Gasteiger partial charge is 0.380 e. The van der Waals surface area contributed by atoms with Crippen molar-refractivity contribution in [1.82, 2.24) is 10.6 Å². The summed E-state index contributed by atoms with van der Waals surface area (Å²) in [6.45, 7) is 8.47. The third-order valence-corrected chi connectivity index (χ3v) is 3.42. The first kappa shape index (κ1) is 15.4. The standard InChI is InChI=1S/C13H26N2O3/c1-5-17-7-11(9(2)3)15-13(16)10-6-18-8-12(10)14-4/h9-12,14H,5-8H2,1-4H3,(H,15,16). The number of rotatable bonds is 7. The lowest BCUT2D eigenvalue weighted by Crippen LogP contribution is -2.49. The van der Waals surface area contributed by atoms with Crippen LogP contribution in [0.3, 0.4) is 0 Å². The van der Waals surface area contributed by atoms with E-state index in [1.807, 2.05) is 14.0 Å². The van der Waals surface area contributed by atoms with Gasteiger partial charge in [-0.15, -0.1) is 0 Å². The lowest BCUT2D eigenvalue weighted by atomic mass is 10.00. The number of likely N-dealkylation sites (N-methyl/N-ethyl adjacent to an activating group) is 1. The van der Waals surface area contributed by atoms with E-state index in [0.29, 0.717) is 32.3 Å². The second-order valence-corrected chi connectivity index (χ2v) is 5.06. The molecule has 1 rings (SSSR count). The lowest BCUT2D eigenvalue weighted by Gasteiger charge is -2.25. The van der Waals surface area contributed by atoms with Crippen molar-refractivity contribution in [3.05, 3.63) is 0 Å². The van der Waals surface area contributed by atoms with Crippen LogP contribution in [0.25, 0.3) is 0 Å². The van der Waals surface area contributed by atoms with Crippen LogP contribution >= 0.6 is 0 Å². The van der Waals surface area contributed by atoms with E-state index in [1.54, 1.807) is 0 Å². The number of hydrogen-bond donors (Lipinski definition) is 2. The van der Waals surface area contributed by atoms with Crippen molar-refractivity contribution in [3.63, 3.8) is 0 Å². The van der Waals surface area contributed by atoms with Crippen molar-refractivity contribution in [2.24, 2.45) is 11.8 Å². The average molecular weight is 258 g/mol. The van der Waals surface area contributed by atoms with Gasteiger partial charge in [-0.2, -0.15) is 0 Å². The summed E-state index contributed by atoms with van der Waals surface area (Å²) in [6, 6.07) is 0.181. The van der Waals surface area contributed by atoms with E-state index in [2.05, 4.69) is 24.5 Å². The van der Waals surface area contributed by atoms with E-state index in [4.69, 9.17) is 9.47 Å². The van der Waals surface area contributed by atoms with Crippen LogP contribution < -0.4 is 10.6 Å². The topological polar surface area (TPSA) is 59.6 Å². The minimum Gasteiger partial charge on any atom is -0.380 e. The third kappa shape index (κ3) is 4.23. The molecule has 1 fully saturated rings. The zero-order valence-electron chi connectivity index (χ0n) is 11.9. The van der Waals surface area contributed by atoms with Gasteiger partial charge >= 0.3 is 0 Å². The fourth-order valence-electron chi connectivity index (χ4n) is 2.03. The molecule has 18 heavy (non-hydrogen) atoms. The Labute approximate surface area is 110 Å². The van der Waals surface area contributed by atoms with E-state index in [0.717, 1.165) is 0 Å². The normalized spacial score (nSPS) is 25.4. The third-order valence-electron chi connectivity index (χ3n) is 3.42. The van der Waals surface area contributed by atoms with Crippen LogP contribution in [0, 0.1) is 11.8 Å². The van der Waals surface area contributed by atoms with E-state index in [-0.39, 0.29) is 23.9 Å². The van der Waals surface area contributed by atoms with Crippen LogP contribution in [0.4, 0.5) is 0 Å². The summed E-state index contributed by atoms with van der Waals surface area (Å²) < 4.78 is 10.8. The van der Waals surface area contributed by atoms with E-state index in [1.165, 1.54) is 0 Å². The molecule has 0 aliphatic carbocycles. The maximum absolute atomic E-state index is 12.2. The highest BCUT2D eigenvalue weighted by molar-refractivity contribution is 5.80. The molecular formula is C13H26N2O3. The number of hydrogen-bond acceptors (Lipinski definition) is 4. The summed E-state index contributed by atoms with van der Waals surface area (Å²) >= 11 is 0. The number of carbonyl (C=O) groups excluding carboxylic acids is 1. The first-order chi connectivity index (χ1) is 8.60. The second kappa shape index (κ2) is 7.71. The van der Waals surface area contributed by atoms with Crippen molar-refractivity contribution in [2.75, 3.05) is 33.5 Å². The van der Waals surface area contributed by atoms with Crippen molar-refractivity contribution < 1.29 is 14.3 Å².